The van der Waals surface area contributed by atoms with E-state index < -0.39 is 0 Å². The standard InChI is InChI=1S/C18H19FN4O2S2/c1-12-5-6-13(10-14(12)19)20-18(26)23(7-8-24-2)11-16-21-22-17(25-16)15-4-3-9-27-15/h3-6,9-10H,7-8,11H2,1-2H3,(H,20,26). The average molecular weight is 407 g/mol. The third-order valence-corrected chi connectivity index (χ3v) is 5.02. The number of aromatic nitrogens is 2. The zero-order valence-corrected chi connectivity index (χ0v) is 16.6. The summed E-state index contributed by atoms with van der Waals surface area (Å²) >= 11 is 7.01. The monoisotopic (exact) mass is 406 g/mol. The number of nitrogens with one attached hydrogen (secondary N) is 1. The first-order valence-electron chi connectivity index (χ1n) is 8.24. The van der Waals surface area contributed by atoms with Crippen LogP contribution >= 0.6 is 23.6 Å². The fourth-order valence-corrected chi connectivity index (χ4v) is 3.23. The van der Waals surface area contributed by atoms with E-state index in [9.17, 15) is 4.39 Å². The molecule has 142 valence electrons. The van der Waals surface area contributed by atoms with E-state index in [1.807, 2.05) is 22.4 Å². The summed E-state index contributed by atoms with van der Waals surface area (Å²) in [6.45, 7) is 3.02. The second-order valence-corrected chi connectivity index (χ2v) is 7.12. The molecule has 3 rings (SSSR count). The van der Waals surface area contributed by atoms with Gasteiger partial charge in [-0.1, -0.05) is 12.1 Å². The summed E-state index contributed by atoms with van der Waals surface area (Å²) in [7, 11) is 1.62. The molecule has 27 heavy (non-hydrogen) atoms. The summed E-state index contributed by atoms with van der Waals surface area (Å²) in [5.74, 6) is 0.628. The van der Waals surface area contributed by atoms with Crippen molar-refractivity contribution in [3.05, 3.63) is 53.0 Å². The molecule has 3 aromatic rings. The van der Waals surface area contributed by atoms with Crippen LogP contribution in [0.25, 0.3) is 10.8 Å². The smallest absolute Gasteiger partial charge is 0.257 e. The summed E-state index contributed by atoms with van der Waals surface area (Å²) in [5, 5.41) is 13.6. The predicted octanol–water partition coefficient (Wildman–Crippen LogP) is 4.09. The summed E-state index contributed by atoms with van der Waals surface area (Å²) in [6.07, 6.45) is 0. The van der Waals surface area contributed by atoms with Crippen LogP contribution in [0.3, 0.4) is 0 Å². The van der Waals surface area contributed by atoms with Crippen LogP contribution in [0.15, 0.2) is 40.1 Å². The molecule has 0 saturated carbocycles. The molecule has 2 aromatic heterocycles. The number of aryl methyl sites for hydroxylation is 1. The summed E-state index contributed by atoms with van der Waals surface area (Å²) in [6, 6.07) is 8.74. The Kier molecular flexibility index (Phi) is 6.49. The van der Waals surface area contributed by atoms with Gasteiger partial charge >= 0.3 is 0 Å². The lowest BCUT2D eigenvalue weighted by atomic mass is 10.2. The van der Waals surface area contributed by atoms with E-state index in [2.05, 4.69) is 15.5 Å². The Balaban J connectivity index is 1.70. The Morgan fingerprint density at radius 2 is 2.22 bits per heavy atom. The molecule has 0 fully saturated rings. The van der Waals surface area contributed by atoms with E-state index in [0.29, 0.717) is 47.8 Å². The zero-order chi connectivity index (χ0) is 19.2. The first-order chi connectivity index (χ1) is 13.1. The highest BCUT2D eigenvalue weighted by Crippen LogP contribution is 2.23. The molecule has 0 aliphatic rings. The number of halogens is 1. The molecule has 0 amide bonds. The molecule has 0 atom stereocenters. The molecular weight excluding hydrogens is 387 g/mol. The van der Waals surface area contributed by atoms with Crippen molar-refractivity contribution in [3.63, 3.8) is 0 Å². The van der Waals surface area contributed by atoms with E-state index in [0.717, 1.165) is 4.88 Å². The lowest BCUT2D eigenvalue weighted by Crippen LogP contribution is -2.36. The predicted molar refractivity (Wildman–Crippen MR) is 107 cm³/mol. The molecule has 0 aliphatic heterocycles. The minimum atomic E-state index is -0.288. The third-order valence-electron chi connectivity index (χ3n) is 3.80. The van der Waals surface area contributed by atoms with Gasteiger partial charge in [-0.3, -0.25) is 0 Å². The van der Waals surface area contributed by atoms with Crippen LogP contribution in [-0.2, 0) is 11.3 Å². The van der Waals surface area contributed by atoms with Gasteiger partial charge < -0.3 is 19.4 Å². The fourth-order valence-electron chi connectivity index (χ4n) is 2.31. The Morgan fingerprint density at radius 3 is 2.93 bits per heavy atom. The van der Waals surface area contributed by atoms with Crippen molar-refractivity contribution in [1.29, 1.82) is 0 Å². The largest absolute Gasteiger partial charge is 0.418 e. The molecule has 2 heterocycles. The number of rotatable bonds is 7. The minimum Gasteiger partial charge on any atom is -0.418 e. The van der Waals surface area contributed by atoms with Crippen molar-refractivity contribution in [2.24, 2.45) is 0 Å². The number of anilines is 1. The van der Waals surface area contributed by atoms with Crippen molar-refractivity contribution in [3.8, 4) is 10.8 Å². The van der Waals surface area contributed by atoms with Gasteiger partial charge in [0.05, 0.1) is 18.0 Å². The van der Waals surface area contributed by atoms with Crippen LogP contribution in [0.2, 0.25) is 0 Å². The number of hydrogen-bond acceptors (Lipinski definition) is 6. The quantitative estimate of drug-likeness (QED) is 0.593. The number of methoxy groups -OCH3 is 1. The van der Waals surface area contributed by atoms with E-state index in [4.69, 9.17) is 21.4 Å². The molecule has 0 radical (unpaired) electrons. The average Bonchev–Trinajstić information content (AvgIpc) is 3.33. The first-order valence-corrected chi connectivity index (χ1v) is 9.53. The number of ether oxygens (including phenoxy) is 1. The first kappa shape index (κ1) is 19.4. The Hall–Kier alpha value is -2.36. The Morgan fingerprint density at radius 1 is 1.37 bits per heavy atom. The summed E-state index contributed by atoms with van der Waals surface area (Å²) < 4.78 is 24.7. The SMILES string of the molecule is COCCN(Cc1nnc(-c2cccs2)o1)C(=S)Nc1ccc(C)c(F)c1. The topological polar surface area (TPSA) is 63.4 Å². The highest BCUT2D eigenvalue weighted by molar-refractivity contribution is 7.80. The van der Waals surface area contributed by atoms with Crippen LogP contribution in [0.5, 0.6) is 0 Å². The number of benzene rings is 1. The van der Waals surface area contributed by atoms with Crippen LogP contribution in [0.4, 0.5) is 10.1 Å². The number of hydrogen-bond donors (Lipinski definition) is 1. The van der Waals surface area contributed by atoms with Crippen LogP contribution in [-0.4, -0.2) is 40.5 Å². The molecule has 9 heteroatoms. The molecular formula is C18H19FN4O2S2. The second-order valence-electron chi connectivity index (χ2n) is 5.79. The molecule has 0 bridgehead atoms. The van der Waals surface area contributed by atoms with Gasteiger partial charge in [-0.25, -0.2) is 4.39 Å². The highest BCUT2D eigenvalue weighted by atomic mass is 32.1. The maximum Gasteiger partial charge on any atom is 0.257 e. The summed E-state index contributed by atoms with van der Waals surface area (Å²) in [4.78, 5) is 2.75. The Bertz CT molecular complexity index is 899. The fraction of sp³-hybridized carbons (Fsp3) is 0.278. The lowest BCUT2D eigenvalue weighted by molar-refractivity contribution is 0.172. The van der Waals surface area contributed by atoms with Crippen molar-refractivity contribution in [2.75, 3.05) is 25.6 Å². The maximum atomic E-state index is 13.8. The molecule has 0 spiro atoms. The van der Waals surface area contributed by atoms with Crippen molar-refractivity contribution < 1.29 is 13.5 Å². The van der Waals surface area contributed by atoms with Crippen LogP contribution in [0, 0.1) is 12.7 Å². The highest BCUT2D eigenvalue weighted by Gasteiger charge is 2.16. The number of thiophene rings is 1. The van der Waals surface area contributed by atoms with E-state index in [1.54, 1.807) is 26.2 Å². The van der Waals surface area contributed by atoms with Gasteiger partial charge in [-0.15, -0.1) is 21.5 Å². The zero-order valence-electron chi connectivity index (χ0n) is 14.9. The van der Waals surface area contributed by atoms with Gasteiger partial charge in [0.2, 0.25) is 5.89 Å². The molecule has 0 unspecified atom stereocenters. The second kappa shape index (κ2) is 9.03. The maximum absolute atomic E-state index is 13.8. The normalized spacial score (nSPS) is 10.8. The van der Waals surface area contributed by atoms with Gasteiger partial charge in [0.25, 0.3) is 5.89 Å². The lowest BCUT2D eigenvalue weighted by Gasteiger charge is -2.24. The minimum absolute atomic E-state index is 0.288. The summed E-state index contributed by atoms with van der Waals surface area (Å²) in [5.41, 5.74) is 1.16. The van der Waals surface area contributed by atoms with Gasteiger partial charge in [-0.2, -0.15) is 0 Å². The Labute approximate surface area is 166 Å². The third kappa shape index (κ3) is 5.09. The number of nitrogens with zero attached hydrogens (tertiary/aromatic N) is 3. The van der Waals surface area contributed by atoms with Crippen molar-refractivity contribution in [2.45, 2.75) is 13.5 Å². The molecule has 0 aliphatic carbocycles. The van der Waals surface area contributed by atoms with E-state index in [-0.39, 0.29) is 5.82 Å². The van der Waals surface area contributed by atoms with Crippen molar-refractivity contribution >= 4 is 34.4 Å². The van der Waals surface area contributed by atoms with E-state index >= 15 is 0 Å². The van der Waals surface area contributed by atoms with Gasteiger partial charge in [-0.05, 0) is 48.3 Å². The van der Waals surface area contributed by atoms with Gasteiger partial charge in [0.15, 0.2) is 5.11 Å². The van der Waals surface area contributed by atoms with Crippen LogP contribution < -0.4 is 5.32 Å². The molecule has 6 nitrogen and oxygen atoms in total. The number of thiocarbonyl (C=S) groups is 1. The van der Waals surface area contributed by atoms with E-state index in [1.165, 1.54) is 17.4 Å². The van der Waals surface area contributed by atoms with Gasteiger partial charge in [0.1, 0.15) is 5.82 Å². The van der Waals surface area contributed by atoms with Crippen LogP contribution in [0.1, 0.15) is 11.5 Å². The molecule has 1 aromatic carbocycles. The van der Waals surface area contributed by atoms with Crippen molar-refractivity contribution in [1.82, 2.24) is 15.1 Å². The molecule has 0 saturated heterocycles. The van der Waals surface area contributed by atoms with Gasteiger partial charge in [0, 0.05) is 19.3 Å². The molecule has 1 N–H and O–H groups in total.